The Balaban J connectivity index is 1.35. The summed E-state index contributed by atoms with van der Waals surface area (Å²) in [5.41, 5.74) is 1.72. The Morgan fingerprint density at radius 1 is 1.07 bits per heavy atom. The normalized spacial score (nSPS) is 18.6. The number of nitrogens with one attached hydrogen (secondary N) is 1. The highest BCUT2D eigenvalue weighted by molar-refractivity contribution is 5.91. The summed E-state index contributed by atoms with van der Waals surface area (Å²) in [6.45, 7) is 6.72. The van der Waals surface area contributed by atoms with E-state index in [-0.39, 0.29) is 5.91 Å². The van der Waals surface area contributed by atoms with Gasteiger partial charge in [-0.1, -0.05) is 30.3 Å². The van der Waals surface area contributed by atoms with Crippen LogP contribution in [0.25, 0.3) is 0 Å². The summed E-state index contributed by atoms with van der Waals surface area (Å²) >= 11 is 0. The Morgan fingerprint density at radius 3 is 2.41 bits per heavy atom. The molecule has 1 N–H and O–H groups in total. The number of furan rings is 1. The lowest BCUT2D eigenvalue weighted by Gasteiger charge is -2.36. The van der Waals surface area contributed by atoms with Crippen LogP contribution in [-0.2, 0) is 6.42 Å². The van der Waals surface area contributed by atoms with Crippen molar-refractivity contribution in [2.45, 2.75) is 26.2 Å². The first kappa shape index (κ1) is 19.6. The van der Waals surface area contributed by atoms with Crippen LogP contribution in [0.15, 0.2) is 58.1 Å². The topological polar surface area (TPSA) is 61.1 Å². The summed E-state index contributed by atoms with van der Waals surface area (Å²) in [4.78, 5) is 21.6. The smallest absolute Gasteiger partial charge is 0.289 e. The molecular weight excluding hydrogens is 364 g/mol. The predicted molar refractivity (Wildman–Crippen MR) is 114 cm³/mol. The summed E-state index contributed by atoms with van der Waals surface area (Å²) in [6, 6.07) is 14.2. The lowest BCUT2D eigenvalue weighted by molar-refractivity contribution is 0.0657. The first-order valence-corrected chi connectivity index (χ1v) is 10.6. The lowest BCUT2D eigenvalue weighted by atomic mass is 9.97. The molecule has 0 unspecified atom stereocenters. The first-order valence-electron chi connectivity index (χ1n) is 10.6. The third kappa shape index (κ3) is 4.81. The zero-order chi connectivity index (χ0) is 20.1. The Labute approximate surface area is 172 Å². The van der Waals surface area contributed by atoms with E-state index in [0.29, 0.717) is 24.3 Å². The van der Waals surface area contributed by atoms with Crippen LogP contribution >= 0.6 is 0 Å². The largest absolute Gasteiger partial charge is 0.459 e. The third-order valence-electron chi connectivity index (χ3n) is 5.88. The molecule has 2 aromatic rings. The van der Waals surface area contributed by atoms with Gasteiger partial charge in [-0.25, -0.2) is 0 Å². The number of nitrogens with zero attached hydrogens (tertiary/aromatic N) is 3. The van der Waals surface area contributed by atoms with Crippen molar-refractivity contribution in [2.24, 2.45) is 10.4 Å². The van der Waals surface area contributed by atoms with Gasteiger partial charge in [0.05, 0.1) is 6.26 Å². The van der Waals surface area contributed by atoms with E-state index >= 15 is 0 Å². The molecule has 1 saturated carbocycles. The van der Waals surface area contributed by atoms with Gasteiger partial charge in [0.25, 0.3) is 5.91 Å². The number of benzene rings is 1. The van der Waals surface area contributed by atoms with E-state index in [1.165, 1.54) is 18.4 Å². The second-order valence-electron chi connectivity index (χ2n) is 8.09. The van der Waals surface area contributed by atoms with Gasteiger partial charge >= 0.3 is 0 Å². The molecule has 6 nitrogen and oxygen atoms in total. The van der Waals surface area contributed by atoms with Gasteiger partial charge in [0.2, 0.25) is 0 Å². The molecule has 0 bridgehead atoms. The number of carbonyl (C=O) groups excluding carboxylic acids is 1. The van der Waals surface area contributed by atoms with Gasteiger partial charge in [-0.15, -0.1) is 0 Å². The van der Waals surface area contributed by atoms with Gasteiger partial charge in [0, 0.05) is 39.3 Å². The van der Waals surface area contributed by atoms with Crippen LogP contribution < -0.4 is 5.32 Å². The fraction of sp³-hybridized carbons (Fsp3) is 0.478. The average molecular weight is 395 g/mol. The summed E-state index contributed by atoms with van der Waals surface area (Å²) in [5, 5.41) is 3.44. The quantitative estimate of drug-likeness (QED) is 0.604. The number of rotatable bonds is 6. The first-order chi connectivity index (χ1) is 14.2. The van der Waals surface area contributed by atoms with Crippen LogP contribution in [0.5, 0.6) is 0 Å². The van der Waals surface area contributed by atoms with E-state index in [1.54, 1.807) is 18.4 Å². The highest BCUT2D eigenvalue weighted by Crippen LogP contribution is 2.48. The van der Waals surface area contributed by atoms with Crippen LogP contribution in [-0.4, -0.2) is 60.9 Å². The van der Waals surface area contributed by atoms with E-state index in [0.717, 1.165) is 38.6 Å². The summed E-state index contributed by atoms with van der Waals surface area (Å²) in [6.07, 6.45) is 5.14. The van der Waals surface area contributed by atoms with Crippen LogP contribution in [0, 0.1) is 5.41 Å². The Kier molecular flexibility index (Phi) is 5.88. The zero-order valence-electron chi connectivity index (χ0n) is 17.1. The molecule has 0 radical (unpaired) electrons. The molecular formula is C23H30N4O2. The molecule has 1 aliphatic carbocycles. The Morgan fingerprint density at radius 2 is 1.79 bits per heavy atom. The van der Waals surface area contributed by atoms with Crippen LogP contribution in [0.1, 0.15) is 35.9 Å². The van der Waals surface area contributed by atoms with Crippen LogP contribution in [0.2, 0.25) is 0 Å². The molecule has 4 rings (SSSR count). The van der Waals surface area contributed by atoms with E-state index in [9.17, 15) is 4.79 Å². The molecule has 1 aliphatic heterocycles. The van der Waals surface area contributed by atoms with Crippen molar-refractivity contribution in [3.05, 3.63) is 60.1 Å². The molecule has 2 aliphatic rings. The van der Waals surface area contributed by atoms with Crippen LogP contribution in [0.4, 0.5) is 0 Å². The fourth-order valence-electron chi connectivity index (χ4n) is 3.94. The summed E-state index contributed by atoms with van der Waals surface area (Å²) in [5.74, 6) is 1.35. The minimum atomic E-state index is -0.0311. The molecule has 1 saturated heterocycles. The molecule has 0 spiro atoms. The second kappa shape index (κ2) is 8.72. The molecule has 1 aromatic carbocycles. The van der Waals surface area contributed by atoms with Crippen molar-refractivity contribution in [2.75, 3.05) is 39.3 Å². The Hall–Kier alpha value is -2.76. The van der Waals surface area contributed by atoms with Crippen molar-refractivity contribution in [1.82, 2.24) is 15.1 Å². The second-order valence-corrected chi connectivity index (χ2v) is 8.09. The van der Waals surface area contributed by atoms with Gasteiger partial charge in [-0.2, -0.15) is 0 Å². The zero-order valence-corrected chi connectivity index (χ0v) is 17.1. The number of hydrogen-bond donors (Lipinski definition) is 1. The molecule has 154 valence electrons. The monoisotopic (exact) mass is 394 g/mol. The Bertz CT molecular complexity index is 820. The van der Waals surface area contributed by atoms with Gasteiger partial charge in [0.1, 0.15) is 0 Å². The van der Waals surface area contributed by atoms with Gasteiger partial charge < -0.3 is 19.5 Å². The van der Waals surface area contributed by atoms with Gasteiger partial charge in [-0.05, 0) is 49.3 Å². The van der Waals surface area contributed by atoms with Crippen molar-refractivity contribution < 1.29 is 9.21 Å². The number of carbonyl (C=O) groups is 1. The average Bonchev–Trinajstić information content (AvgIpc) is 3.29. The molecule has 29 heavy (non-hydrogen) atoms. The van der Waals surface area contributed by atoms with Crippen molar-refractivity contribution in [1.29, 1.82) is 0 Å². The van der Waals surface area contributed by atoms with Gasteiger partial charge in [0.15, 0.2) is 11.7 Å². The van der Waals surface area contributed by atoms with E-state index in [1.807, 2.05) is 4.90 Å². The third-order valence-corrected chi connectivity index (χ3v) is 5.88. The molecule has 1 amide bonds. The highest BCUT2D eigenvalue weighted by Gasteiger charge is 2.42. The maximum atomic E-state index is 12.5. The number of aliphatic imine (C=N–C) groups is 1. The van der Waals surface area contributed by atoms with Gasteiger partial charge in [-0.3, -0.25) is 9.79 Å². The number of amides is 1. The lowest BCUT2D eigenvalue weighted by Crippen LogP contribution is -2.53. The maximum absolute atomic E-state index is 12.5. The minimum Gasteiger partial charge on any atom is -0.459 e. The van der Waals surface area contributed by atoms with Crippen molar-refractivity contribution >= 4 is 11.9 Å². The summed E-state index contributed by atoms with van der Waals surface area (Å²) in [7, 11) is 0. The SMILES string of the molecule is CCNC(=NCC1(Cc2ccccc2)CC1)N1CCN(C(=O)c2ccco2)CC1. The minimum absolute atomic E-state index is 0.0311. The maximum Gasteiger partial charge on any atom is 0.289 e. The van der Waals surface area contributed by atoms with Crippen molar-refractivity contribution in [3.8, 4) is 0 Å². The number of hydrogen-bond acceptors (Lipinski definition) is 3. The summed E-state index contributed by atoms with van der Waals surface area (Å²) < 4.78 is 5.25. The fourth-order valence-corrected chi connectivity index (χ4v) is 3.94. The molecule has 0 atom stereocenters. The molecule has 1 aromatic heterocycles. The molecule has 2 fully saturated rings. The molecule has 2 heterocycles. The highest BCUT2D eigenvalue weighted by atomic mass is 16.3. The van der Waals surface area contributed by atoms with E-state index in [4.69, 9.17) is 9.41 Å². The van der Waals surface area contributed by atoms with E-state index < -0.39 is 0 Å². The number of piperazine rings is 1. The van der Waals surface area contributed by atoms with E-state index in [2.05, 4.69) is 47.5 Å². The standard InChI is InChI=1S/C23H30N4O2/c1-2-24-22(25-18-23(10-11-23)17-19-7-4-3-5-8-19)27-14-12-26(13-15-27)21(28)20-9-6-16-29-20/h3-9,16H,2,10-15,17-18H2,1H3,(H,24,25). The van der Waals surface area contributed by atoms with Crippen molar-refractivity contribution in [3.63, 3.8) is 0 Å². The number of guanidine groups is 1. The predicted octanol–water partition coefficient (Wildman–Crippen LogP) is 3.03. The molecule has 6 heteroatoms. The van der Waals surface area contributed by atoms with Crippen LogP contribution in [0.3, 0.4) is 0 Å².